The average molecular weight is 415 g/mol. The summed E-state index contributed by atoms with van der Waals surface area (Å²) in [7, 11) is 0. The first-order valence-electron chi connectivity index (χ1n) is 9.35. The standard InChI is InChI=1S/C21H20Cl2N4O/c1-2-18-24-20(25-27(18)19-16(22)8-5-9-17(19)23)21(28)26-12-10-14-6-3-4-7-15(14)11-13-26/h3-9H,2,10-13H2,1H3. The summed E-state index contributed by atoms with van der Waals surface area (Å²) >= 11 is 12.7. The molecule has 0 spiro atoms. The predicted octanol–water partition coefficient (Wildman–Crippen LogP) is 4.38. The Balaban J connectivity index is 1.63. The summed E-state index contributed by atoms with van der Waals surface area (Å²) in [5.41, 5.74) is 3.15. The molecule has 0 unspecified atom stereocenters. The Bertz CT molecular complexity index is 984. The molecule has 0 saturated heterocycles. The molecular weight excluding hydrogens is 395 g/mol. The number of hydrogen-bond acceptors (Lipinski definition) is 3. The highest BCUT2D eigenvalue weighted by Gasteiger charge is 2.25. The van der Waals surface area contributed by atoms with Gasteiger partial charge in [-0.05, 0) is 36.1 Å². The van der Waals surface area contributed by atoms with Crippen molar-refractivity contribution in [2.45, 2.75) is 26.2 Å². The Morgan fingerprint density at radius 2 is 1.61 bits per heavy atom. The minimum Gasteiger partial charge on any atom is -0.335 e. The van der Waals surface area contributed by atoms with E-state index in [-0.39, 0.29) is 11.7 Å². The number of fused-ring (bicyclic) bond motifs is 1. The molecule has 2 heterocycles. The molecule has 28 heavy (non-hydrogen) atoms. The first-order valence-corrected chi connectivity index (χ1v) is 10.1. The molecule has 0 N–H and O–H groups in total. The number of nitrogens with zero attached hydrogens (tertiary/aromatic N) is 4. The molecule has 1 aliphatic heterocycles. The highest BCUT2D eigenvalue weighted by Crippen LogP contribution is 2.29. The van der Waals surface area contributed by atoms with E-state index in [0.29, 0.717) is 41.1 Å². The Labute approximate surface area is 173 Å². The lowest BCUT2D eigenvalue weighted by molar-refractivity contribution is 0.0751. The molecule has 5 nitrogen and oxygen atoms in total. The first kappa shape index (κ1) is 19.0. The van der Waals surface area contributed by atoms with Crippen LogP contribution < -0.4 is 0 Å². The van der Waals surface area contributed by atoms with Crippen molar-refractivity contribution in [2.75, 3.05) is 13.1 Å². The van der Waals surface area contributed by atoms with Gasteiger partial charge in [0.25, 0.3) is 5.91 Å². The largest absolute Gasteiger partial charge is 0.335 e. The number of carbonyl (C=O) groups excluding carboxylic acids is 1. The molecule has 0 saturated carbocycles. The van der Waals surface area contributed by atoms with Gasteiger partial charge in [-0.15, -0.1) is 5.10 Å². The Kier molecular flexibility index (Phi) is 5.38. The lowest BCUT2D eigenvalue weighted by Crippen LogP contribution is -2.34. The molecule has 1 amide bonds. The molecular formula is C21H20Cl2N4O. The van der Waals surface area contributed by atoms with Crippen molar-refractivity contribution in [3.05, 3.63) is 75.3 Å². The smallest absolute Gasteiger partial charge is 0.293 e. The SMILES string of the molecule is CCc1nc(C(=O)N2CCc3ccccc3CC2)nn1-c1c(Cl)cccc1Cl. The summed E-state index contributed by atoms with van der Waals surface area (Å²) in [6.45, 7) is 3.26. The van der Waals surface area contributed by atoms with Crippen LogP contribution in [0.15, 0.2) is 42.5 Å². The van der Waals surface area contributed by atoms with E-state index < -0.39 is 0 Å². The van der Waals surface area contributed by atoms with Gasteiger partial charge in [0.1, 0.15) is 11.5 Å². The minimum absolute atomic E-state index is 0.163. The van der Waals surface area contributed by atoms with Gasteiger partial charge in [-0.2, -0.15) is 0 Å². The second kappa shape index (κ2) is 7.94. The molecule has 0 aliphatic carbocycles. The number of aryl methyl sites for hydroxylation is 1. The quantitative estimate of drug-likeness (QED) is 0.638. The molecule has 4 rings (SSSR count). The highest BCUT2D eigenvalue weighted by atomic mass is 35.5. The Morgan fingerprint density at radius 1 is 1.00 bits per heavy atom. The van der Waals surface area contributed by atoms with Crippen molar-refractivity contribution in [3.63, 3.8) is 0 Å². The average Bonchev–Trinajstić information content (AvgIpc) is 3.00. The van der Waals surface area contributed by atoms with Crippen molar-refractivity contribution >= 4 is 29.1 Å². The first-order chi connectivity index (χ1) is 13.6. The topological polar surface area (TPSA) is 51.0 Å². The van der Waals surface area contributed by atoms with E-state index in [0.717, 1.165) is 12.8 Å². The number of carbonyl (C=O) groups is 1. The normalized spacial score (nSPS) is 13.9. The molecule has 0 atom stereocenters. The third-order valence-electron chi connectivity index (χ3n) is 5.04. The summed E-state index contributed by atoms with van der Waals surface area (Å²) in [4.78, 5) is 19.4. The number of aromatic nitrogens is 3. The van der Waals surface area contributed by atoms with Crippen LogP contribution >= 0.6 is 23.2 Å². The van der Waals surface area contributed by atoms with Gasteiger partial charge in [0, 0.05) is 19.5 Å². The van der Waals surface area contributed by atoms with Crippen molar-refractivity contribution in [3.8, 4) is 5.69 Å². The number of hydrogen-bond donors (Lipinski definition) is 0. The van der Waals surface area contributed by atoms with E-state index in [9.17, 15) is 4.79 Å². The van der Waals surface area contributed by atoms with Gasteiger partial charge in [0.05, 0.1) is 10.0 Å². The van der Waals surface area contributed by atoms with E-state index >= 15 is 0 Å². The molecule has 3 aromatic rings. The summed E-state index contributed by atoms with van der Waals surface area (Å²) in [6.07, 6.45) is 2.27. The van der Waals surface area contributed by atoms with Crippen LogP contribution in [0.1, 0.15) is 34.5 Å². The zero-order valence-corrected chi connectivity index (χ0v) is 17.0. The van der Waals surface area contributed by atoms with Crippen molar-refractivity contribution in [2.24, 2.45) is 0 Å². The number of rotatable bonds is 3. The van der Waals surface area contributed by atoms with E-state index in [1.807, 2.05) is 24.0 Å². The fourth-order valence-corrected chi connectivity index (χ4v) is 4.10. The summed E-state index contributed by atoms with van der Waals surface area (Å²) in [6, 6.07) is 13.6. The maximum absolute atomic E-state index is 13.1. The highest BCUT2D eigenvalue weighted by molar-refractivity contribution is 6.37. The molecule has 0 radical (unpaired) electrons. The zero-order valence-electron chi connectivity index (χ0n) is 15.5. The van der Waals surface area contributed by atoms with Gasteiger partial charge in [0.15, 0.2) is 0 Å². The third-order valence-corrected chi connectivity index (χ3v) is 5.65. The van der Waals surface area contributed by atoms with Gasteiger partial charge < -0.3 is 4.90 Å². The summed E-state index contributed by atoms with van der Waals surface area (Å²) < 4.78 is 1.59. The maximum Gasteiger partial charge on any atom is 0.293 e. The van der Waals surface area contributed by atoms with Gasteiger partial charge in [-0.1, -0.05) is 60.5 Å². The lowest BCUT2D eigenvalue weighted by atomic mass is 10.0. The van der Waals surface area contributed by atoms with Crippen LogP contribution in [0.2, 0.25) is 10.0 Å². The maximum atomic E-state index is 13.1. The summed E-state index contributed by atoms with van der Waals surface area (Å²) in [5, 5.41) is 5.41. The second-order valence-corrected chi connectivity index (χ2v) is 7.56. The van der Waals surface area contributed by atoms with Crippen molar-refractivity contribution in [1.82, 2.24) is 19.7 Å². The van der Waals surface area contributed by atoms with Crippen LogP contribution in [0, 0.1) is 0 Å². The fraction of sp³-hybridized carbons (Fsp3) is 0.286. The molecule has 7 heteroatoms. The molecule has 144 valence electrons. The number of amides is 1. The minimum atomic E-state index is -0.163. The Morgan fingerprint density at radius 3 is 2.18 bits per heavy atom. The fourth-order valence-electron chi connectivity index (χ4n) is 3.55. The zero-order chi connectivity index (χ0) is 19.7. The molecule has 0 bridgehead atoms. The van der Waals surface area contributed by atoms with E-state index in [2.05, 4.69) is 22.2 Å². The second-order valence-electron chi connectivity index (χ2n) is 6.75. The molecule has 1 aromatic heterocycles. The van der Waals surface area contributed by atoms with Gasteiger partial charge >= 0.3 is 0 Å². The van der Waals surface area contributed by atoms with Crippen LogP contribution in [0.4, 0.5) is 0 Å². The van der Waals surface area contributed by atoms with Gasteiger partial charge in [0.2, 0.25) is 5.82 Å². The van der Waals surface area contributed by atoms with Gasteiger partial charge in [-0.3, -0.25) is 4.79 Å². The van der Waals surface area contributed by atoms with Crippen LogP contribution in [-0.4, -0.2) is 38.7 Å². The molecule has 2 aromatic carbocycles. The predicted molar refractivity (Wildman–Crippen MR) is 111 cm³/mol. The number of halogens is 2. The van der Waals surface area contributed by atoms with Crippen LogP contribution in [0.5, 0.6) is 0 Å². The van der Waals surface area contributed by atoms with E-state index in [4.69, 9.17) is 23.2 Å². The van der Waals surface area contributed by atoms with E-state index in [1.165, 1.54) is 11.1 Å². The van der Waals surface area contributed by atoms with Gasteiger partial charge in [-0.25, -0.2) is 9.67 Å². The number of benzene rings is 2. The van der Waals surface area contributed by atoms with Crippen LogP contribution in [-0.2, 0) is 19.3 Å². The molecule has 0 fully saturated rings. The van der Waals surface area contributed by atoms with E-state index in [1.54, 1.807) is 22.9 Å². The van der Waals surface area contributed by atoms with Crippen LogP contribution in [0.3, 0.4) is 0 Å². The lowest BCUT2D eigenvalue weighted by Gasteiger charge is -2.18. The van der Waals surface area contributed by atoms with Crippen LogP contribution in [0.25, 0.3) is 5.69 Å². The monoisotopic (exact) mass is 414 g/mol. The van der Waals surface area contributed by atoms with Crippen molar-refractivity contribution < 1.29 is 4.79 Å². The summed E-state index contributed by atoms with van der Waals surface area (Å²) in [5.74, 6) is 0.666. The third kappa shape index (κ3) is 3.52. The number of para-hydroxylation sites is 1. The Hall–Kier alpha value is -2.37. The molecule has 1 aliphatic rings. The van der Waals surface area contributed by atoms with Crippen molar-refractivity contribution in [1.29, 1.82) is 0 Å².